The van der Waals surface area contributed by atoms with Gasteiger partial charge in [0.1, 0.15) is 17.4 Å². The van der Waals surface area contributed by atoms with Crippen molar-refractivity contribution in [2.75, 3.05) is 11.3 Å². The summed E-state index contributed by atoms with van der Waals surface area (Å²) in [5, 5.41) is 4.50. The van der Waals surface area contributed by atoms with Crippen molar-refractivity contribution < 1.29 is 50.2 Å². The van der Waals surface area contributed by atoms with Gasteiger partial charge < -0.3 is 18.4 Å². The fraction of sp³-hybridized carbons (Fsp3) is 0.533. The molecule has 2 aromatic heterocycles. The maximum Gasteiger partial charge on any atom is 0.471 e. The van der Waals surface area contributed by atoms with Gasteiger partial charge in [-0.05, 0) is 93.2 Å². The number of anilines is 1. The van der Waals surface area contributed by atoms with Crippen LogP contribution in [0.15, 0.2) is 42.6 Å². The topological polar surface area (TPSA) is 167 Å². The summed E-state index contributed by atoms with van der Waals surface area (Å²) < 4.78 is 80.8. The molecule has 3 N–H and O–H groups in total. The van der Waals surface area contributed by atoms with Crippen LogP contribution < -0.4 is 23.7 Å². The number of unbranched alkanes of at least 4 members (excludes halogenated alkanes) is 5. The molecular weight excluding hydrogens is 842 g/mol. The van der Waals surface area contributed by atoms with Gasteiger partial charge in [-0.25, -0.2) is 14.6 Å². The number of hydrogen-bond donors (Lipinski definition) is 3. The molecule has 0 bridgehead atoms. The lowest BCUT2D eigenvalue weighted by atomic mass is 9.80. The number of benzene rings is 2. The van der Waals surface area contributed by atoms with Gasteiger partial charge in [0.05, 0.1) is 18.9 Å². The number of ether oxygens (including phenoxy) is 3. The molecule has 14 nitrogen and oxygen atoms in total. The van der Waals surface area contributed by atoms with Gasteiger partial charge in [0.25, 0.3) is 5.91 Å². The number of aromatic amines is 1. The minimum absolute atomic E-state index is 0.00446. The molecule has 5 rings (SSSR count). The third-order valence-corrected chi connectivity index (χ3v) is 11.9. The monoisotopic (exact) mass is 898 g/mol. The first-order valence-corrected chi connectivity index (χ1v) is 22.6. The Bertz CT molecular complexity index is 2270. The van der Waals surface area contributed by atoms with Gasteiger partial charge in [0, 0.05) is 11.8 Å². The highest BCUT2D eigenvalue weighted by Gasteiger charge is 2.41. The molecule has 0 aliphatic heterocycles. The predicted octanol–water partition coefficient (Wildman–Crippen LogP) is 10.4. The van der Waals surface area contributed by atoms with Gasteiger partial charge in [0.2, 0.25) is 5.69 Å². The Hall–Kier alpha value is -5.57. The van der Waals surface area contributed by atoms with Crippen molar-refractivity contribution in [1.29, 1.82) is 0 Å². The second-order valence-corrected chi connectivity index (χ2v) is 17.2. The van der Waals surface area contributed by atoms with Crippen LogP contribution in [0.4, 0.5) is 24.5 Å². The lowest BCUT2D eigenvalue weighted by Gasteiger charge is -2.33. The van der Waals surface area contributed by atoms with E-state index in [1.807, 2.05) is 0 Å². The zero-order valence-corrected chi connectivity index (χ0v) is 37.4. The van der Waals surface area contributed by atoms with Crippen molar-refractivity contribution in [3.05, 3.63) is 65.1 Å². The molecule has 4 aromatic rings. The minimum atomic E-state index is -5.28. The van der Waals surface area contributed by atoms with E-state index in [9.17, 15) is 31.8 Å². The van der Waals surface area contributed by atoms with E-state index in [1.54, 1.807) is 38.1 Å². The molecule has 4 unspecified atom stereocenters. The number of esters is 1. The van der Waals surface area contributed by atoms with Gasteiger partial charge in [-0.2, -0.15) is 17.4 Å². The van der Waals surface area contributed by atoms with Crippen molar-refractivity contribution in [3.63, 3.8) is 0 Å². The fourth-order valence-electron chi connectivity index (χ4n) is 7.65. The summed E-state index contributed by atoms with van der Waals surface area (Å²) in [4.78, 5) is 46.8. The van der Waals surface area contributed by atoms with Crippen LogP contribution in [-0.4, -0.2) is 61.6 Å². The number of alkyl halides is 3. The second-order valence-electron chi connectivity index (χ2n) is 16.3. The SMILES string of the molecule is [C-]#[N+]c1cn2[nH]c(-c3ccc(OCC)c(NS(=O)Oc4cc(C)ccc4OC(CCCCCCCC)C(=O)NC(=O)C(F)(F)F)c3)nc2c1C(=O)OC1C(C)CCC(C)CCC1C. The highest BCUT2D eigenvalue weighted by atomic mass is 32.2. The molecule has 0 radical (unpaired) electrons. The number of nitrogens with one attached hydrogen (secondary N) is 3. The third kappa shape index (κ3) is 13.0. The molecule has 342 valence electrons. The summed E-state index contributed by atoms with van der Waals surface area (Å²) in [6, 6.07) is 9.47. The Kier molecular flexibility index (Phi) is 17.1. The summed E-state index contributed by atoms with van der Waals surface area (Å²) in [5.74, 6) is -2.99. The number of aromatic nitrogens is 3. The number of imide groups is 1. The number of carbonyl (C=O) groups excluding carboxylic acids is 3. The molecule has 4 atom stereocenters. The van der Waals surface area contributed by atoms with E-state index in [2.05, 4.69) is 42.4 Å². The molecule has 2 heterocycles. The molecule has 18 heteroatoms. The van der Waals surface area contributed by atoms with E-state index in [4.69, 9.17) is 29.9 Å². The van der Waals surface area contributed by atoms with Crippen LogP contribution in [-0.2, 0) is 25.6 Å². The second kappa shape index (κ2) is 22.2. The molecule has 0 saturated heterocycles. The van der Waals surface area contributed by atoms with Crippen LogP contribution >= 0.6 is 0 Å². The zero-order chi connectivity index (χ0) is 45.8. The van der Waals surface area contributed by atoms with E-state index in [1.165, 1.54) is 28.2 Å². The highest BCUT2D eigenvalue weighted by Crippen LogP contribution is 2.37. The Balaban J connectivity index is 1.37. The standard InChI is InChI=1S/C45H57F3N6O8S/c1-8-10-11-12-13-14-15-36(42(55)51-44(57)45(46,47)48)60-35-22-18-28(4)24-37(35)62-63(58)53-32-25-31(21-23-34(32)59-9-2)40-50-41-38(33(49-7)26-54(41)52-40)43(56)61-39-29(5)19-16-27(3)17-20-30(39)6/h18,21-27,29-30,36,39,53H,8-17,19-20H2,1-6H3,(H,50,52)(H,51,55,57). The number of H-pyrrole nitrogens is 1. The van der Waals surface area contributed by atoms with Gasteiger partial charge in [0.15, 0.2) is 29.1 Å². The maximum atomic E-state index is 13.8. The van der Waals surface area contributed by atoms with Crippen molar-refractivity contribution in [3.8, 4) is 28.6 Å². The molecule has 1 aliphatic carbocycles. The van der Waals surface area contributed by atoms with E-state index in [0.29, 0.717) is 41.5 Å². The van der Waals surface area contributed by atoms with Crippen LogP contribution in [0.1, 0.15) is 121 Å². The van der Waals surface area contributed by atoms with E-state index >= 15 is 0 Å². The van der Waals surface area contributed by atoms with Crippen LogP contribution in [0, 0.1) is 31.2 Å². The van der Waals surface area contributed by atoms with E-state index < -0.39 is 41.3 Å². The average molecular weight is 899 g/mol. The van der Waals surface area contributed by atoms with Crippen LogP contribution in [0.2, 0.25) is 0 Å². The van der Waals surface area contributed by atoms with Crippen molar-refractivity contribution in [2.45, 2.75) is 131 Å². The number of fused-ring (bicyclic) bond motifs is 1. The van der Waals surface area contributed by atoms with Gasteiger partial charge in [-0.3, -0.25) is 29.2 Å². The van der Waals surface area contributed by atoms with E-state index in [-0.39, 0.29) is 65.1 Å². The Labute approximate surface area is 368 Å². The normalized spacial score (nSPS) is 18.9. The first kappa shape index (κ1) is 48.5. The number of halogens is 3. The van der Waals surface area contributed by atoms with Gasteiger partial charge in [-0.1, -0.05) is 78.7 Å². The quantitative estimate of drug-likeness (QED) is 0.0472. The van der Waals surface area contributed by atoms with Gasteiger partial charge in [-0.15, -0.1) is 0 Å². The number of nitrogens with zero attached hydrogens (tertiary/aromatic N) is 3. The number of carbonyl (C=O) groups is 3. The summed E-state index contributed by atoms with van der Waals surface area (Å²) >= 11 is -2.35. The number of amides is 2. The first-order chi connectivity index (χ1) is 30.0. The first-order valence-electron chi connectivity index (χ1n) is 21.6. The van der Waals surface area contributed by atoms with Crippen molar-refractivity contribution in [1.82, 2.24) is 19.9 Å². The Morgan fingerprint density at radius 1 is 0.968 bits per heavy atom. The lowest BCUT2D eigenvalue weighted by Crippen LogP contribution is -2.46. The Morgan fingerprint density at radius 2 is 1.65 bits per heavy atom. The largest absolute Gasteiger partial charge is 0.492 e. The van der Waals surface area contributed by atoms with Gasteiger partial charge >= 0.3 is 29.3 Å². The Morgan fingerprint density at radius 3 is 2.32 bits per heavy atom. The number of aryl methyl sites for hydroxylation is 1. The minimum Gasteiger partial charge on any atom is -0.492 e. The van der Waals surface area contributed by atoms with E-state index in [0.717, 1.165) is 51.4 Å². The van der Waals surface area contributed by atoms with Crippen molar-refractivity contribution in [2.24, 2.45) is 17.8 Å². The molecule has 2 amide bonds. The molecule has 2 aromatic carbocycles. The third-order valence-electron chi connectivity index (χ3n) is 11.2. The fourth-order valence-corrected chi connectivity index (χ4v) is 8.33. The number of rotatable bonds is 19. The predicted molar refractivity (Wildman–Crippen MR) is 233 cm³/mol. The average Bonchev–Trinajstić information content (AvgIpc) is 3.80. The molecule has 1 saturated carbocycles. The molecular formula is C45H57F3N6O8S. The smallest absolute Gasteiger partial charge is 0.471 e. The maximum absolute atomic E-state index is 13.8. The van der Waals surface area contributed by atoms with Crippen molar-refractivity contribution >= 4 is 46.1 Å². The van der Waals surface area contributed by atoms with Crippen LogP contribution in [0.5, 0.6) is 17.2 Å². The molecule has 63 heavy (non-hydrogen) atoms. The lowest BCUT2D eigenvalue weighted by molar-refractivity contribution is -0.175. The number of hydrogen-bond acceptors (Lipinski definition) is 9. The molecule has 0 spiro atoms. The zero-order valence-electron chi connectivity index (χ0n) is 36.6. The van der Waals surface area contributed by atoms with Crippen LogP contribution in [0.3, 0.4) is 0 Å². The molecule has 1 aliphatic rings. The van der Waals surface area contributed by atoms with Crippen LogP contribution in [0.25, 0.3) is 21.9 Å². The highest BCUT2D eigenvalue weighted by molar-refractivity contribution is 7.82. The summed E-state index contributed by atoms with van der Waals surface area (Å²) in [6.45, 7) is 20.0. The summed E-state index contributed by atoms with van der Waals surface area (Å²) in [7, 11) is 0. The molecule has 1 fully saturated rings. The summed E-state index contributed by atoms with van der Waals surface area (Å²) in [6.07, 6.45) is 3.32. The summed E-state index contributed by atoms with van der Waals surface area (Å²) in [5.41, 5.74) is 1.70.